The molecule has 0 aliphatic carbocycles. The third-order valence-corrected chi connectivity index (χ3v) is 4.45. The van der Waals surface area contributed by atoms with Crippen LogP contribution in [-0.2, 0) is 14.8 Å². The Kier molecular flexibility index (Phi) is 5.74. The number of rotatable bonds is 7. The topological polar surface area (TPSA) is 92.7 Å². The van der Waals surface area contributed by atoms with Crippen LogP contribution in [0.4, 0.5) is 0 Å². The summed E-state index contributed by atoms with van der Waals surface area (Å²) in [6.07, 6.45) is 0.226. The van der Waals surface area contributed by atoms with Gasteiger partial charge < -0.3 is 9.84 Å². The highest BCUT2D eigenvalue weighted by Gasteiger charge is 2.26. The van der Waals surface area contributed by atoms with Gasteiger partial charge in [0.2, 0.25) is 10.0 Å². The summed E-state index contributed by atoms with van der Waals surface area (Å²) in [5.41, 5.74) is 0.663. The molecule has 21 heavy (non-hydrogen) atoms. The van der Waals surface area contributed by atoms with Crippen LogP contribution >= 0.6 is 0 Å². The molecule has 0 spiro atoms. The van der Waals surface area contributed by atoms with Crippen molar-refractivity contribution in [1.29, 1.82) is 0 Å². The van der Waals surface area contributed by atoms with Gasteiger partial charge >= 0.3 is 5.97 Å². The predicted molar refractivity (Wildman–Crippen MR) is 78.9 cm³/mol. The van der Waals surface area contributed by atoms with Gasteiger partial charge in [0.1, 0.15) is 11.8 Å². The van der Waals surface area contributed by atoms with Gasteiger partial charge in [-0.25, -0.2) is 8.42 Å². The molecule has 7 heteroatoms. The lowest BCUT2D eigenvalue weighted by molar-refractivity contribution is -0.139. The van der Waals surface area contributed by atoms with Gasteiger partial charge in [-0.2, -0.15) is 4.72 Å². The van der Waals surface area contributed by atoms with E-state index < -0.39 is 22.0 Å². The van der Waals surface area contributed by atoms with Crippen LogP contribution in [0.25, 0.3) is 0 Å². The Hall–Kier alpha value is -1.60. The van der Waals surface area contributed by atoms with Crippen LogP contribution in [0.1, 0.15) is 25.8 Å². The molecule has 0 fully saturated rings. The minimum absolute atomic E-state index is 0.0239. The molecule has 0 saturated carbocycles. The Morgan fingerprint density at radius 3 is 2.43 bits per heavy atom. The second-order valence-corrected chi connectivity index (χ2v) is 6.99. The molecule has 1 rings (SSSR count). The van der Waals surface area contributed by atoms with Gasteiger partial charge in [-0.15, -0.1) is 0 Å². The van der Waals surface area contributed by atoms with E-state index in [1.54, 1.807) is 13.0 Å². The molecule has 6 nitrogen and oxygen atoms in total. The summed E-state index contributed by atoms with van der Waals surface area (Å²) < 4.78 is 31.8. The van der Waals surface area contributed by atoms with Crippen molar-refractivity contribution in [3.05, 3.63) is 23.8 Å². The van der Waals surface area contributed by atoms with E-state index in [0.29, 0.717) is 11.3 Å². The zero-order chi connectivity index (χ0) is 16.2. The maximum Gasteiger partial charge on any atom is 0.321 e. The summed E-state index contributed by atoms with van der Waals surface area (Å²) in [5, 5.41) is 9.12. The minimum atomic E-state index is -3.88. The largest absolute Gasteiger partial charge is 0.496 e. The standard InChI is InChI=1S/C14H21NO5S/c1-9(2)7-12(14(16)17)15-21(18,19)11-5-6-13(20-4)10(3)8-11/h5-6,8-9,12,15H,7H2,1-4H3,(H,16,17)/t12-/m0/s1. The van der Waals surface area contributed by atoms with Gasteiger partial charge in [0.05, 0.1) is 12.0 Å². The molecule has 0 aliphatic rings. The van der Waals surface area contributed by atoms with Crippen LogP contribution in [0.3, 0.4) is 0 Å². The van der Waals surface area contributed by atoms with E-state index in [9.17, 15) is 13.2 Å². The lowest BCUT2D eigenvalue weighted by Crippen LogP contribution is -2.41. The molecular formula is C14H21NO5S. The summed E-state index contributed by atoms with van der Waals surface area (Å²) in [5.74, 6) is -0.546. The van der Waals surface area contributed by atoms with Crippen LogP contribution in [0.15, 0.2) is 23.1 Å². The van der Waals surface area contributed by atoms with Crippen LogP contribution in [0.2, 0.25) is 0 Å². The zero-order valence-corrected chi connectivity index (χ0v) is 13.4. The lowest BCUT2D eigenvalue weighted by Gasteiger charge is -2.17. The number of hydrogen-bond donors (Lipinski definition) is 2. The molecule has 2 N–H and O–H groups in total. The second kappa shape index (κ2) is 6.91. The molecule has 0 heterocycles. The lowest BCUT2D eigenvalue weighted by atomic mass is 10.1. The third-order valence-electron chi connectivity index (χ3n) is 2.98. The van der Waals surface area contributed by atoms with Crippen LogP contribution < -0.4 is 9.46 Å². The average Bonchev–Trinajstić information content (AvgIpc) is 2.36. The van der Waals surface area contributed by atoms with Gasteiger partial charge in [-0.3, -0.25) is 4.79 Å². The number of hydrogen-bond acceptors (Lipinski definition) is 4. The van der Waals surface area contributed by atoms with E-state index in [0.717, 1.165) is 0 Å². The van der Waals surface area contributed by atoms with Crippen molar-refractivity contribution >= 4 is 16.0 Å². The molecule has 0 aliphatic heterocycles. The molecule has 0 radical (unpaired) electrons. The van der Waals surface area contributed by atoms with Crippen molar-refractivity contribution in [3.63, 3.8) is 0 Å². The molecule has 1 aromatic rings. The fourth-order valence-electron chi connectivity index (χ4n) is 1.94. The Labute approximate surface area is 125 Å². The van der Waals surface area contributed by atoms with Crippen molar-refractivity contribution in [1.82, 2.24) is 4.72 Å². The van der Waals surface area contributed by atoms with Crippen molar-refractivity contribution in [2.75, 3.05) is 7.11 Å². The smallest absolute Gasteiger partial charge is 0.321 e. The number of carbonyl (C=O) groups is 1. The summed E-state index contributed by atoms with van der Waals surface area (Å²) in [6.45, 7) is 5.39. The predicted octanol–water partition coefficient (Wildman–Crippen LogP) is 1.78. The first-order valence-electron chi connectivity index (χ1n) is 6.57. The highest BCUT2D eigenvalue weighted by molar-refractivity contribution is 7.89. The molecular weight excluding hydrogens is 294 g/mol. The summed E-state index contributed by atoms with van der Waals surface area (Å²) in [4.78, 5) is 11.2. The zero-order valence-electron chi connectivity index (χ0n) is 12.6. The Morgan fingerprint density at radius 1 is 1.38 bits per heavy atom. The van der Waals surface area contributed by atoms with Gasteiger partial charge in [0.25, 0.3) is 0 Å². The fourth-order valence-corrected chi connectivity index (χ4v) is 3.23. The Balaban J connectivity index is 3.04. The normalized spacial score (nSPS) is 13.2. The number of carboxylic acids is 1. The summed E-state index contributed by atoms with van der Waals surface area (Å²) in [7, 11) is -2.39. The van der Waals surface area contributed by atoms with Crippen molar-refractivity contribution in [2.24, 2.45) is 5.92 Å². The first-order chi connectivity index (χ1) is 9.67. The van der Waals surface area contributed by atoms with E-state index in [1.807, 2.05) is 13.8 Å². The molecule has 1 aromatic carbocycles. The fraction of sp³-hybridized carbons (Fsp3) is 0.500. The molecule has 118 valence electrons. The maximum atomic E-state index is 12.3. The number of sulfonamides is 1. The number of methoxy groups -OCH3 is 1. The van der Waals surface area contributed by atoms with E-state index in [4.69, 9.17) is 9.84 Å². The number of aryl methyl sites for hydroxylation is 1. The van der Waals surface area contributed by atoms with Gasteiger partial charge in [-0.05, 0) is 43.0 Å². The van der Waals surface area contributed by atoms with Gasteiger partial charge in [0, 0.05) is 0 Å². The molecule has 0 unspecified atom stereocenters. The number of benzene rings is 1. The first-order valence-corrected chi connectivity index (χ1v) is 8.05. The average molecular weight is 315 g/mol. The summed E-state index contributed by atoms with van der Waals surface area (Å²) >= 11 is 0. The first kappa shape index (κ1) is 17.5. The highest BCUT2D eigenvalue weighted by atomic mass is 32.2. The molecule has 1 atom stereocenters. The second-order valence-electron chi connectivity index (χ2n) is 5.27. The van der Waals surface area contributed by atoms with E-state index in [-0.39, 0.29) is 17.2 Å². The van der Waals surface area contributed by atoms with E-state index >= 15 is 0 Å². The highest BCUT2D eigenvalue weighted by Crippen LogP contribution is 2.21. The molecule has 0 saturated heterocycles. The van der Waals surface area contributed by atoms with Crippen LogP contribution in [0, 0.1) is 12.8 Å². The summed E-state index contributed by atoms with van der Waals surface area (Å²) in [6, 6.07) is 3.25. The van der Waals surface area contributed by atoms with Crippen molar-refractivity contribution < 1.29 is 23.1 Å². The Morgan fingerprint density at radius 2 is 2.00 bits per heavy atom. The van der Waals surface area contributed by atoms with Gasteiger partial charge in [-0.1, -0.05) is 13.8 Å². The maximum absolute atomic E-state index is 12.3. The Bertz CT molecular complexity index is 610. The van der Waals surface area contributed by atoms with E-state index in [1.165, 1.54) is 19.2 Å². The van der Waals surface area contributed by atoms with E-state index in [2.05, 4.69) is 4.72 Å². The monoisotopic (exact) mass is 315 g/mol. The molecule has 0 bridgehead atoms. The quantitative estimate of drug-likeness (QED) is 0.800. The van der Waals surface area contributed by atoms with Crippen molar-refractivity contribution in [3.8, 4) is 5.75 Å². The number of aliphatic carboxylic acids is 1. The van der Waals surface area contributed by atoms with Crippen LogP contribution in [-0.4, -0.2) is 32.6 Å². The van der Waals surface area contributed by atoms with Crippen LogP contribution in [0.5, 0.6) is 5.75 Å². The molecule has 0 amide bonds. The molecule has 0 aromatic heterocycles. The van der Waals surface area contributed by atoms with Gasteiger partial charge in [0.15, 0.2) is 0 Å². The number of nitrogens with one attached hydrogen (secondary N) is 1. The SMILES string of the molecule is COc1ccc(S(=O)(=O)N[C@@H](CC(C)C)C(=O)O)cc1C. The number of carboxylic acid groups (broad SMARTS) is 1. The minimum Gasteiger partial charge on any atom is -0.496 e. The third kappa shape index (κ3) is 4.71. The number of ether oxygens (including phenoxy) is 1. The van der Waals surface area contributed by atoms with Crippen molar-refractivity contribution in [2.45, 2.75) is 38.1 Å².